The molecule has 55 heavy (non-hydrogen) atoms. The number of hydrogen-bond acceptors (Lipinski definition) is 4. The van der Waals surface area contributed by atoms with Crippen molar-refractivity contribution in [2.24, 2.45) is 0 Å². The first-order valence-electron chi connectivity index (χ1n) is 18.4. The Morgan fingerprint density at radius 1 is 0.255 bits per heavy atom. The molecule has 0 aliphatic rings. The van der Waals surface area contributed by atoms with Gasteiger partial charge in [-0.3, -0.25) is 0 Å². The Morgan fingerprint density at radius 2 is 0.636 bits per heavy atom. The van der Waals surface area contributed by atoms with E-state index in [9.17, 15) is 0 Å². The van der Waals surface area contributed by atoms with Crippen molar-refractivity contribution < 1.29 is 0 Å². The average molecular weight is 720 g/mol. The molecule has 0 aliphatic heterocycles. The summed E-state index contributed by atoms with van der Waals surface area (Å²) in [7, 11) is 0. The molecule has 0 saturated carbocycles. The highest BCUT2D eigenvalue weighted by Crippen LogP contribution is 2.44. The number of benzene rings is 8. The van der Waals surface area contributed by atoms with Gasteiger partial charge in [0.15, 0.2) is 17.5 Å². The van der Waals surface area contributed by atoms with Crippen molar-refractivity contribution in [3.8, 4) is 78.7 Å². The van der Waals surface area contributed by atoms with E-state index < -0.39 is 0 Å². The second kappa shape index (κ2) is 14.1. The fourth-order valence-electron chi connectivity index (χ4n) is 7.36. The zero-order chi connectivity index (χ0) is 36.6. The second-order valence-electron chi connectivity index (χ2n) is 13.6. The molecule has 0 unspecified atom stereocenters. The van der Waals surface area contributed by atoms with Gasteiger partial charge < -0.3 is 0 Å². The Kier molecular flexibility index (Phi) is 8.36. The Bertz CT molecular complexity index is 2940. The van der Waals surface area contributed by atoms with Crippen LogP contribution in [-0.4, -0.2) is 15.0 Å². The minimum absolute atomic E-state index is 0.648. The summed E-state index contributed by atoms with van der Waals surface area (Å²) < 4.78 is 2.41. The number of hydrogen-bond donors (Lipinski definition) is 0. The summed E-state index contributed by atoms with van der Waals surface area (Å²) in [6, 6.07) is 70.5. The summed E-state index contributed by atoms with van der Waals surface area (Å²) in [6.45, 7) is 0. The van der Waals surface area contributed by atoms with E-state index in [1.54, 1.807) is 0 Å². The summed E-state index contributed by atoms with van der Waals surface area (Å²) in [6.07, 6.45) is 0. The third kappa shape index (κ3) is 6.29. The van der Waals surface area contributed by atoms with Gasteiger partial charge in [0.25, 0.3) is 0 Å². The van der Waals surface area contributed by atoms with Crippen LogP contribution in [0, 0.1) is 0 Å². The van der Waals surface area contributed by atoms with Crippen LogP contribution in [0.3, 0.4) is 0 Å². The molecule has 0 saturated heterocycles. The maximum Gasteiger partial charge on any atom is 0.165 e. The maximum atomic E-state index is 5.18. The van der Waals surface area contributed by atoms with E-state index in [2.05, 4.69) is 176 Å². The van der Waals surface area contributed by atoms with Crippen LogP contribution >= 0.6 is 11.3 Å². The molecule has 10 aromatic rings. The molecule has 0 amide bonds. The van der Waals surface area contributed by atoms with E-state index in [4.69, 9.17) is 15.0 Å². The third-order valence-corrected chi connectivity index (χ3v) is 11.5. The molecule has 4 heteroatoms. The number of nitrogens with zero attached hydrogens (tertiary/aromatic N) is 3. The van der Waals surface area contributed by atoms with Gasteiger partial charge in [0.05, 0.1) is 0 Å². The van der Waals surface area contributed by atoms with Crippen LogP contribution in [0.2, 0.25) is 0 Å². The molecule has 258 valence electrons. The summed E-state index contributed by atoms with van der Waals surface area (Å²) in [5.74, 6) is 1.96. The summed E-state index contributed by atoms with van der Waals surface area (Å²) in [5.41, 5.74) is 12.4. The average Bonchev–Trinajstić information content (AvgIpc) is 3.67. The zero-order valence-electron chi connectivity index (χ0n) is 29.8. The van der Waals surface area contributed by atoms with Crippen LogP contribution < -0.4 is 0 Å². The highest BCUT2D eigenvalue weighted by molar-refractivity contribution is 7.26. The monoisotopic (exact) mass is 719 g/mol. The molecule has 0 aliphatic carbocycles. The van der Waals surface area contributed by atoms with Crippen molar-refractivity contribution in [1.82, 2.24) is 15.0 Å². The van der Waals surface area contributed by atoms with E-state index >= 15 is 0 Å². The van der Waals surface area contributed by atoms with E-state index in [0.717, 1.165) is 32.5 Å². The molecule has 0 spiro atoms. The lowest BCUT2D eigenvalue weighted by Gasteiger charge is -2.10. The molecule has 0 atom stereocenters. The fourth-order valence-corrected chi connectivity index (χ4v) is 8.71. The van der Waals surface area contributed by atoms with Crippen LogP contribution in [0.4, 0.5) is 0 Å². The first-order chi connectivity index (χ1) is 27.2. The summed E-state index contributed by atoms with van der Waals surface area (Å²) in [4.78, 5) is 15.3. The highest BCUT2D eigenvalue weighted by Gasteiger charge is 2.18. The molecule has 10 rings (SSSR count). The molecule has 3 nitrogen and oxygen atoms in total. The largest absolute Gasteiger partial charge is 0.208 e. The van der Waals surface area contributed by atoms with Gasteiger partial charge in [0.2, 0.25) is 0 Å². The van der Waals surface area contributed by atoms with Crippen molar-refractivity contribution >= 4 is 31.5 Å². The number of rotatable bonds is 7. The quantitative estimate of drug-likeness (QED) is 0.165. The normalized spacial score (nSPS) is 11.3. The van der Waals surface area contributed by atoms with Gasteiger partial charge >= 0.3 is 0 Å². The van der Waals surface area contributed by atoms with E-state index in [-0.39, 0.29) is 0 Å². The number of thiophene rings is 1. The first-order valence-corrected chi connectivity index (χ1v) is 19.3. The van der Waals surface area contributed by atoms with E-state index in [1.807, 2.05) is 35.6 Å². The van der Waals surface area contributed by atoms with Gasteiger partial charge in [-0.2, -0.15) is 0 Å². The minimum Gasteiger partial charge on any atom is -0.208 e. The lowest BCUT2D eigenvalue weighted by Crippen LogP contribution is -2.00. The van der Waals surface area contributed by atoms with Gasteiger partial charge in [-0.1, -0.05) is 188 Å². The van der Waals surface area contributed by atoms with Gasteiger partial charge in [-0.05, 0) is 56.6 Å². The van der Waals surface area contributed by atoms with E-state index in [0.29, 0.717) is 17.5 Å². The number of aromatic nitrogens is 3. The maximum absolute atomic E-state index is 5.18. The molecule has 0 fully saturated rings. The van der Waals surface area contributed by atoms with Crippen molar-refractivity contribution in [1.29, 1.82) is 0 Å². The van der Waals surface area contributed by atoms with Gasteiger partial charge in [0, 0.05) is 36.9 Å². The molecule has 8 aromatic carbocycles. The molecule has 0 radical (unpaired) electrons. The minimum atomic E-state index is 0.648. The van der Waals surface area contributed by atoms with Crippen LogP contribution in [0.1, 0.15) is 0 Å². The lowest BCUT2D eigenvalue weighted by atomic mass is 9.97. The van der Waals surface area contributed by atoms with Gasteiger partial charge in [-0.25, -0.2) is 15.0 Å². The Morgan fingerprint density at radius 3 is 1.22 bits per heavy atom. The molecular formula is C51H33N3S. The predicted octanol–water partition coefficient (Wildman–Crippen LogP) is 13.9. The molecular weight excluding hydrogens is 687 g/mol. The molecule has 0 bridgehead atoms. The SMILES string of the molecule is c1ccc(-c2ccc(-c3ccc(-c4cccc5c4sc4c(-c6nc(-c7ccccc7)nc(-c7cccc(-c8ccccc8)c7)n6)cccc45)cc3)cc2)cc1. The third-order valence-electron chi connectivity index (χ3n) is 10.2. The van der Waals surface area contributed by atoms with Crippen molar-refractivity contribution in [3.05, 3.63) is 200 Å². The summed E-state index contributed by atoms with van der Waals surface area (Å²) in [5, 5.41) is 2.43. The standard InChI is InChI=1S/C51H33N3S/c1-4-13-34(14-5-1)36-25-27-37(28-26-36)38-29-31-39(32-30-38)43-21-11-22-44-45-23-12-24-46(48(45)55-47(43)44)51-53-49(40-17-8-3-9-18-40)52-50(54-51)42-20-10-19-41(33-42)35-15-6-2-7-16-35/h1-33H. The van der Waals surface area contributed by atoms with Gasteiger partial charge in [0.1, 0.15) is 0 Å². The smallest absolute Gasteiger partial charge is 0.165 e. The zero-order valence-corrected chi connectivity index (χ0v) is 30.6. The topological polar surface area (TPSA) is 38.7 Å². The molecule has 2 heterocycles. The van der Waals surface area contributed by atoms with Crippen LogP contribution in [-0.2, 0) is 0 Å². The molecule has 2 aromatic heterocycles. The molecule has 0 N–H and O–H groups in total. The second-order valence-corrected chi connectivity index (χ2v) is 14.6. The van der Waals surface area contributed by atoms with Crippen molar-refractivity contribution in [2.45, 2.75) is 0 Å². The first kappa shape index (κ1) is 32.6. The van der Waals surface area contributed by atoms with Gasteiger partial charge in [-0.15, -0.1) is 11.3 Å². The summed E-state index contributed by atoms with van der Waals surface area (Å²) >= 11 is 1.81. The fraction of sp³-hybridized carbons (Fsp3) is 0. The van der Waals surface area contributed by atoms with Crippen molar-refractivity contribution in [3.63, 3.8) is 0 Å². The van der Waals surface area contributed by atoms with Crippen LogP contribution in [0.25, 0.3) is 98.8 Å². The Balaban J connectivity index is 1.05. The Labute approximate surface area is 323 Å². The lowest BCUT2D eigenvalue weighted by molar-refractivity contribution is 1.08. The number of fused-ring (bicyclic) bond motifs is 3. The highest BCUT2D eigenvalue weighted by atomic mass is 32.1. The Hall–Kier alpha value is -7.01. The van der Waals surface area contributed by atoms with Crippen LogP contribution in [0.15, 0.2) is 200 Å². The van der Waals surface area contributed by atoms with Crippen molar-refractivity contribution in [2.75, 3.05) is 0 Å². The predicted molar refractivity (Wildman–Crippen MR) is 231 cm³/mol. The van der Waals surface area contributed by atoms with Crippen LogP contribution in [0.5, 0.6) is 0 Å². The van der Waals surface area contributed by atoms with E-state index in [1.165, 1.54) is 48.9 Å².